The fourth-order valence-corrected chi connectivity index (χ4v) is 5.12. The molecule has 0 radical (unpaired) electrons. The third-order valence-corrected chi connectivity index (χ3v) is 6.46. The summed E-state index contributed by atoms with van der Waals surface area (Å²) in [5.74, 6) is -0.643. The smallest absolute Gasteiger partial charge is 0.185 e. The van der Waals surface area contributed by atoms with Crippen molar-refractivity contribution >= 4 is 9.84 Å². The van der Waals surface area contributed by atoms with Crippen LogP contribution in [0.25, 0.3) is 0 Å². The highest BCUT2D eigenvalue weighted by Crippen LogP contribution is 2.29. The summed E-state index contributed by atoms with van der Waals surface area (Å²) in [5.41, 5.74) is 0. The van der Waals surface area contributed by atoms with Gasteiger partial charge in [-0.05, 0) is 37.9 Å². The molecule has 1 aliphatic rings. The predicted molar refractivity (Wildman–Crippen MR) is 82.5 cm³/mol. The van der Waals surface area contributed by atoms with Crippen molar-refractivity contribution in [1.29, 1.82) is 0 Å². The second-order valence-electron chi connectivity index (χ2n) is 5.71. The summed E-state index contributed by atoms with van der Waals surface area (Å²) in [7, 11) is -3.63. The Morgan fingerprint density at radius 3 is 2.62 bits per heavy atom. The van der Waals surface area contributed by atoms with E-state index in [1.54, 1.807) is 6.07 Å². The van der Waals surface area contributed by atoms with Crippen LogP contribution < -0.4 is 5.32 Å². The number of sulfone groups is 1. The Morgan fingerprint density at radius 2 is 1.90 bits per heavy atom. The first-order valence-corrected chi connectivity index (χ1v) is 9.33. The maximum Gasteiger partial charge on any atom is 0.185 e. The van der Waals surface area contributed by atoms with Crippen LogP contribution in [-0.4, -0.2) is 26.3 Å². The lowest BCUT2D eigenvalue weighted by Gasteiger charge is -2.26. The highest BCUT2D eigenvalue weighted by molar-refractivity contribution is 7.92. The zero-order chi connectivity index (χ0) is 15.3. The predicted octanol–water partition coefficient (Wildman–Crippen LogP) is 3.30. The van der Waals surface area contributed by atoms with E-state index in [0.717, 1.165) is 38.6 Å². The van der Waals surface area contributed by atoms with E-state index >= 15 is 0 Å². The molecule has 2 rings (SSSR count). The monoisotopic (exact) mass is 313 g/mol. The summed E-state index contributed by atoms with van der Waals surface area (Å²) in [6.07, 6.45) is 5.39. The molecule has 0 bridgehead atoms. The molecule has 2 unspecified atom stereocenters. The molecule has 0 heterocycles. The fourth-order valence-electron chi connectivity index (χ4n) is 3.05. The minimum atomic E-state index is -3.63. The van der Waals surface area contributed by atoms with Crippen molar-refractivity contribution in [2.24, 2.45) is 0 Å². The maximum absolute atomic E-state index is 13.9. The standard InChI is InChI=1S/C16H24FNO2S/c1-2-12-18-14-9-4-3-5-11-16(14)21(19,20)15-10-7-6-8-13(15)17/h6-8,10,14,16,18H,2-5,9,11-12H2,1H3. The zero-order valence-corrected chi connectivity index (χ0v) is 13.3. The molecule has 1 N–H and O–H groups in total. The molecular weight excluding hydrogens is 289 g/mol. The Bertz CT molecular complexity index is 559. The quantitative estimate of drug-likeness (QED) is 0.848. The summed E-state index contributed by atoms with van der Waals surface area (Å²) >= 11 is 0. The molecule has 0 saturated heterocycles. The molecule has 3 nitrogen and oxygen atoms in total. The highest BCUT2D eigenvalue weighted by atomic mass is 32.2. The SMILES string of the molecule is CCCNC1CCCCCC1S(=O)(=O)c1ccccc1F. The van der Waals surface area contributed by atoms with E-state index in [-0.39, 0.29) is 10.9 Å². The van der Waals surface area contributed by atoms with Crippen LogP contribution in [0.1, 0.15) is 45.4 Å². The first kappa shape index (κ1) is 16.4. The molecule has 5 heteroatoms. The minimum Gasteiger partial charge on any atom is -0.313 e. The second-order valence-corrected chi connectivity index (χ2v) is 7.85. The van der Waals surface area contributed by atoms with E-state index in [1.165, 1.54) is 18.2 Å². The second kappa shape index (κ2) is 7.36. The van der Waals surface area contributed by atoms with Gasteiger partial charge in [-0.1, -0.05) is 38.3 Å². The number of halogens is 1. The lowest BCUT2D eigenvalue weighted by atomic mass is 10.1. The Hall–Kier alpha value is -0.940. The van der Waals surface area contributed by atoms with Crippen molar-refractivity contribution in [3.8, 4) is 0 Å². The number of hydrogen-bond acceptors (Lipinski definition) is 3. The molecular formula is C16H24FNO2S. The molecule has 0 spiro atoms. The summed E-state index contributed by atoms with van der Waals surface area (Å²) in [4.78, 5) is -0.153. The van der Waals surface area contributed by atoms with E-state index in [9.17, 15) is 12.8 Å². The van der Waals surface area contributed by atoms with Gasteiger partial charge in [-0.25, -0.2) is 12.8 Å². The van der Waals surface area contributed by atoms with Gasteiger partial charge in [0.05, 0.1) is 5.25 Å². The molecule has 1 saturated carbocycles. The molecule has 0 amide bonds. The first-order chi connectivity index (χ1) is 10.1. The number of hydrogen-bond donors (Lipinski definition) is 1. The van der Waals surface area contributed by atoms with E-state index in [2.05, 4.69) is 12.2 Å². The Morgan fingerprint density at radius 1 is 1.19 bits per heavy atom. The van der Waals surface area contributed by atoms with Gasteiger partial charge in [0, 0.05) is 6.04 Å². The summed E-state index contributed by atoms with van der Waals surface area (Å²) in [5, 5.41) is 2.83. The minimum absolute atomic E-state index is 0.0722. The molecule has 1 fully saturated rings. The van der Waals surface area contributed by atoms with Crippen LogP contribution >= 0.6 is 0 Å². The van der Waals surface area contributed by atoms with Crippen LogP contribution in [0.2, 0.25) is 0 Å². The van der Waals surface area contributed by atoms with Gasteiger partial charge in [0.2, 0.25) is 0 Å². The summed E-state index contributed by atoms with van der Waals surface area (Å²) in [6.45, 7) is 2.86. The molecule has 1 aromatic rings. The molecule has 2 atom stereocenters. The van der Waals surface area contributed by atoms with Gasteiger partial charge >= 0.3 is 0 Å². The topological polar surface area (TPSA) is 46.2 Å². The van der Waals surface area contributed by atoms with Crippen molar-refractivity contribution < 1.29 is 12.8 Å². The summed E-state index contributed by atoms with van der Waals surface area (Å²) in [6, 6.07) is 5.64. The number of benzene rings is 1. The van der Waals surface area contributed by atoms with Gasteiger partial charge in [-0.2, -0.15) is 0 Å². The van der Waals surface area contributed by atoms with Crippen LogP contribution in [-0.2, 0) is 9.84 Å². The van der Waals surface area contributed by atoms with Crippen LogP contribution in [0.5, 0.6) is 0 Å². The Kier molecular flexibility index (Phi) is 5.76. The molecule has 118 valence electrons. The average molecular weight is 313 g/mol. The number of nitrogens with one attached hydrogen (secondary N) is 1. The van der Waals surface area contributed by atoms with Crippen LogP contribution in [0.3, 0.4) is 0 Å². The molecule has 1 aliphatic carbocycles. The van der Waals surface area contributed by atoms with Crippen LogP contribution in [0.15, 0.2) is 29.2 Å². The van der Waals surface area contributed by atoms with Crippen molar-refractivity contribution in [2.45, 2.75) is 61.6 Å². The average Bonchev–Trinajstić information content (AvgIpc) is 2.71. The van der Waals surface area contributed by atoms with Gasteiger partial charge in [-0.3, -0.25) is 0 Å². The van der Waals surface area contributed by atoms with Crippen molar-refractivity contribution in [3.63, 3.8) is 0 Å². The van der Waals surface area contributed by atoms with Crippen molar-refractivity contribution in [2.75, 3.05) is 6.54 Å². The van der Waals surface area contributed by atoms with Gasteiger partial charge < -0.3 is 5.32 Å². The molecule has 0 aliphatic heterocycles. The van der Waals surface area contributed by atoms with Gasteiger partial charge in [0.1, 0.15) is 10.7 Å². The largest absolute Gasteiger partial charge is 0.313 e. The fraction of sp³-hybridized carbons (Fsp3) is 0.625. The maximum atomic E-state index is 13.9. The molecule has 21 heavy (non-hydrogen) atoms. The van der Waals surface area contributed by atoms with Gasteiger partial charge in [0.25, 0.3) is 0 Å². The normalized spacial score (nSPS) is 23.7. The van der Waals surface area contributed by atoms with E-state index < -0.39 is 20.9 Å². The number of rotatable bonds is 5. The van der Waals surface area contributed by atoms with Gasteiger partial charge in [0.15, 0.2) is 9.84 Å². The zero-order valence-electron chi connectivity index (χ0n) is 12.5. The lowest BCUT2D eigenvalue weighted by molar-refractivity contribution is 0.448. The van der Waals surface area contributed by atoms with Crippen LogP contribution in [0, 0.1) is 5.82 Å². The first-order valence-electron chi connectivity index (χ1n) is 7.79. The van der Waals surface area contributed by atoms with Crippen LogP contribution in [0.4, 0.5) is 4.39 Å². The summed E-state index contributed by atoms with van der Waals surface area (Å²) < 4.78 is 39.6. The Labute approximate surface area is 126 Å². The lowest BCUT2D eigenvalue weighted by Crippen LogP contribution is -2.44. The molecule has 0 aromatic heterocycles. The van der Waals surface area contributed by atoms with Crippen molar-refractivity contribution in [3.05, 3.63) is 30.1 Å². The Balaban J connectivity index is 2.32. The third kappa shape index (κ3) is 3.83. The van der Waals surface area contributed by atoms with Gasteiger partial charge in [-0.15, -0.1) is 0 Å². The van der Waals surface area contributed by atoms with Crippen molar-refractivity contribution in [1.82, 2.24) is 5.32 Å². The highest BCUT2D eigenvalue weighted by Gasteiger charge is 2.36. The molecule has 1 aromatic carbocycles. The van der Waals surface area contributed by atoms with E-state index in [1.807, 2.05) is 0 Å². The van der Waals surface area contributed by atoms with E-state index in [4.69, 9.17) is 0 Å². The van der Waals surface area contributed by atoms with E-state index in [0.29, 0.717) is 6.42 Å². The third-order valence-electron chi connectivity index (χ3n) is 4.15.